The first-order chi connectivity index (χ1) is 10.6. The van der Waals surface area contributed by atoms with Crippen molar-refractivity contribution in [2.75, 3.05) is 0 Å². The van der Waals surface area contributed by atoms with Crippen LogP contribution in [0, 0.1) is 0 Å². The fourth-order valence-corrected chi connectivity index (χ4v) is 2.61. The van der Waals surface area contributed by atoms with E-state index in [1.165, 1.54) is 0 Å². The average molecular weight is 291 g/mol. The van der Waals surface area contributed by atoms with Gasteiger partial charge < -0.3 is 5.11 Å². The molecule has 0 amide bonds. The number of fused-ring (bicyclic) bond motifs is 1. The molecule has 0 aliphatic rings. The van der Waals surface area contributed by atoms with Crippen LogP contribution in [-0.4, -0.2) is 16.1 Å². The van der Waals surface area contributed by atoms with Crippen molar-refractivity contribution in [2.24, 2.45) is 0 Å². The largest absolute Gasteiger partial charge is 0.481 e. The Morgan fingerprint density at radius 3 is 2.55 bits per heavy atom. The second-order valence-electron chi connectivity index (χ2n) is 5.54. The number of hydrogen-bond donors (Lipinski definition) is 1. The van der Waals surface area contributed by atoms with Crippen LogP contribution in [0.25, 0.3) is 22.0 Å². The first-order valence-corrected chi connectivity index (χ1v) is 7.30. The highest BCUT2D eigenvalue weighted by Crippen LogP contribution is 2.26. The maximum absolute atomic E-state index is 10.8. The zero-order valence-corrected chi connectivity index (χ0v) is 12.4. The molecule has 22 heavy (non-hydrogen) atoms. The summed E-state index contributed by atoms with van der Waals surface area (Å²) in [4.78, 5) is 15.3. The maximum Gasteiger partial charge on any atom is 0.303 e. The smallest absolute Gasteiger partial charge is 0.303 e. The van der Waals surface area contributed by atoms with Crippen LogP contribution in [0.3, 0.4) is 0 Å². The van der Waals surface area contributed by atoms with Crippen molar-refractivity contribution >= 4 is 16.9 Å². The Morgan fingerprint density at radius 2 is 1.82 bits per heavy atom. The van der Waals surface area contributed by atoms with Crippen molar-refractivity contribution in [1.29, 1.82) is 0 Å². The molecule has 0 aliphatic carbocycles. The normalized spacial score (nSPS) is 12.2. The molecule has 0 spiro atoms. The van der Waals surface area contributed by atoms with Crippen molar-refractivity contribution in [1.82, 2.24) is 4.98 Å². The summed E-state index contributed by atoms with van der Waals surface area (Å²) in [6.45, 7) is 1.93. The molecule has 1 heterocycles. The molecule has 0 radical (unpaired) electrons. The maximum atomic E-state index is 10.8. The molecular formula is C19H17NO2. The van der Waals surface area contributed by atoms with Crippen LogP contribution in [0.4, 0.5) is 0 Å². The zero-order valence-electron chi connectivity index (χ0n) is 12.4. The third-order valence-corrected chi connectivity index (χ3v) is 3.88. The highest BCUT2D eigenvalue weighted by atomic mass is 16.4. The van der Waals surface area contributed by atoms with Crippen LogP contribution < -0.4 is 0 Å². The lowest BCUT2D eigenvalue weighted by atomic mass is 9.95. The minimum atomic E-state index is -0.768. The third kappa shape index (κ3) is 2.98. The van der Waals surface area contributed by atoms with E-state index in [9.17, 15) is 4.79 Å². The van der Waals surface area contributed by atoms with Crippen LogP contribution in [0.2, 0.25) is 0 Å². The molecule has 0 aliphatic heterocycles. The van der Waals surface area contributed by atoms with Crippen LogP contribution in [0.15, 0.2) is 60.8 Å². The van der Waals surface area contributed by atoms with Gasteiger partial charge in [0.05, 0.1) is 11.9 Å². The third-order valence-electron chi connectivity index (χ3n) is 3.88. The lowest BCUT2D eigenvalue weighted by Gasteiger charge is -2.10. The predicted molar refractivity (Wildman–Crippen MR) is 87.8 cm³/mol. The molecule has 1 N–H and O–H groups in total. The van der Waals surface area contributed by atoms with Crippen molar-refractivity contribution in [3.63, 3.8) is 0 Å². The molecular weight excluding hydrogens is 274 g/mol. The Labute approximate surface area is 129 Å². The summed E-state index contributed by atoms with van der Waals surface area (Å²) in [5.74, 6) is -0.753. The standard InChI is InChI=1S/C19H17NO2/c1-13(10-19(21)22)14-6-8-15(9-7-14)17-11-16-4-2-3-5-18(16)20-12-17/h2-9,11-13H,10H2,1H3,(H,21,22). The molecule has 3 rings (SSSR count). The van der Waals surface area contributed by atoms with E-state index in [4.69, 9.17) is 5.11 Å². The molecule has 1 atom stereocenters. The van der Waals surface area contributed by atoms with Crippen LogP contribution in [-0.2, 0) is 4.79 Å². The number of carboxylic acid groups (broad SMARTS) is 1. The number of rotatable bonds is 4. The van der Waals surface area contributed by atoms with Gasteiger partial charge in [-0.25, -0.2) is 0 Å². The van der Waals surface area contributed by atoms with E-state index in [1.54, 1.807) is 0 Å². The summed E-state index contributed by atoms with van der Waals surface area (Å²) >= 11 is 0. The highest BCUT2D eigenvalue weighted by molar-refractivity contribution is 5.83. The van der Waals surface area contributed by atoms with Gasteiger partial charge in [0.1, 0.15) is 0 Å². The molecule has 1 unspecified atom stereocenters. The molecule has 0 saturated heterocycles. The van der Waals surface area contributed by atoms with Gasteiger partial charge >= 0.3 is 5.97 Å². The Bertz CT molecular complexity index is 809. The first-order valence-electron chi connectivity index (χ1n) is 7.30. The lowest BCUT2D eigenvalue weighted by Crippen LogP contribution is -2.02. The quantitative estimate of drug-likeness (QED) is 0.771. The van der Waals surface area contributed by atoms with Crippen LogP contribution >= 0.6 is 0 Å². The number of carboxylic acids is 1. The van der Waals surface area contributed by atoms with Gasteiger partial charge in [0.15, 0.2) is 0 Å². The number of pyridine rings is 1. The summed E-state index contributed by atoms with van der Waals surface area (Å²) in [6, 6.07) is 18.2. The number of hydrogen-bond acceptors (Lipinski definition) is 2. The molecule has 0 bridgehead atoms. The van der Waals surface area contributed by atoms with Crippen molar-refractivity contribution in [3.8, 4) is 11.1 Å². The number of benzene rings is 2. The molecule has 3 heteroatoms. The summed E-state index contributed by atoms with van der Waals surface area (Å²) in [5.41, 5.74) is 4.18. The van der Waals surface area contributed by atoms with E-state index in [0.717, 1.165) is 27.6 Å². The Morgan fingerprint density at radius 1 is 1.09 bits per heavy atom. The topological polar surface area (TPSA) is 50.2 Å². The first kappa shape index (κ1) is 14.3. The van der Waals surface area contributed by atoms with Crippen molar-refractivity contribution in [3.05, 3.63) is 66.4 Å². The molecule has 2 aromatic carbocycles. The number of nitrogens with zero attached hydrogens (tertiary/aromatic N) is 1. The van der Waals surface area contributed by atoms with Gasteiger partial charge in [-0.15, -0.1) is 0 Å². The van der Waals surface area contributed by atoms with Gasteiger partial charge in [0.2, 0.25) is 0 Å². The Hall–Kier alpha value is -2.68. The SMILES string of the molecule is CC(CC(=O)O)c1ccc(-c2cnc3ccccc3c2)cc1. The van der Waals surface area contributed by atoms with Crippen molar-refractivity contribution < 1.29 is 9.90 Å². The van der Waals surface area contributed by atoms with Gasteiger partial charge in [-0.05, 0) is 29.2 Å². The molecule has 0 fully saturated rings. The minimum Gasteiger partial charge on any atom is -0.481 e. The summed E-state index contributed by atoms with van der Waals surface area (Å²) in [5, 5.41) is 9.98. The van der Waals surface area contributed by atoms with Crippen LogP contribution in [0.5, 0.6) is 0 Å². The monoisotopic (exact) mass is 291 g/mol. The van der Waals surface area contributed by atoms with Gasteiger partial charge in [-0.3, -0.25) is 9.78 Å². The summed E-state index contributed by atoms with van der Waals surface area (Å²) in [7, 11) is 0. The molecule has 3 nitrogen and oxygen atoms in total. The van der Waals surface area contributed by atoms with Crippen LogP contribution in [0.1, 0.15) is 24.8 Å². The van der Waals surface area contributed by atoms with Gasteiger partial charge in [0, 0.05) is 17.1 Å². The van der Waals surface area contributed by atoms with Gasteiger partial charge in [-0.1, -0.05) is 49.4 Å². The molecule has 3 aromatic rings. The molecule has 110 valence electrons. The molecule has 1 aromatic heterocycles. The minimum absolute atomic E-state index is 0.0151. The lowest BCUT2D eigenvalue weighted by molar-refractivity contribution is -0.137. The summed E-state index contributed by atoms with van der Waals surface area (Å²) in [6.07, 6.45) is 2.02. The number of para-hydroxylation sites is 1. The predicted octanol–water partition coefficient (Wildman–Crippen LogP) is 4.48. The second kappa shape index (κ2) is 5.98. The zero-order chi connectivity index (χ0) is 15.5. The van der Waals surface area contributed by atoms with Crippen molar-refractivity contribution in [2.45, 2.75) is 19.3 Å². The second-order valence-corrected chi connectivity index (χ2v) is 5.54. The fraction of sp³-hybridized carbons (Fsp3) is 0.158. The Kier molecular flexibility index (Phi) is 3.88. The van der Waals surface area contributed by atoms with Gasteiger partial charge in [0.25, 0.3) is 0 Å². The highest BCUT2D eigenvalue weighted by Gasteiger charge is 2.10. The summed E-state index contributed by atoms with van der Waals surface area (Å²) < 4.78 is 0. The van der Waals surface area contributed by atoms with E-state index in [0.29, 0.717) is 0 Å². The van der Waals surface area contributed by atoms with E-state index in [-0.39, 0.29) is 12.3 Å². The Balaban J connectivity index is 1.89. The number of aliphatic carboxylic acids is 1. The number of carbonyl (C=O) groups is 1. The number of aromatic nitrogens is 1. The van der Waals surface area contributed by atoms with E-state index < -0.39 is 5.97 Å². The average Bonchev–Trinajstić information content (AvgIpc) is 2.54. The van der Waals surface area contributed by atoms with E-state index in [2.05, 4.69) is 17.1 Å². The molecule has 0 saturated carbocycles. The van der Waals surface area contributed by atoms with E-state index >= 15 is 0 Å². The van der Waals surface area contributed by atoms with E-state index in [1.807, 2.05) is 55.6 Å². The van der Waals surface area contributed by atoms with Gasteiger partial charge in [-0.2, -0.15) is 0 Å². The fourth-order valence-electron chi connectivity index (χ4n) is 2.61.